The number of Topliss-reactive ketones (excluding diaryl/α,β-unsaturated/α-hetero) is 1. The van der Waals surface area contributed by atoms with E-state index in [9.17, 15) is 4.79 Å². The third-order valence-corrected chi connectivity index (χ3v) is 5.15. The molecule has 0 amide bonds. The van der Waals surface area contributed by atoms with Crippen LogP contribution in [0.2, 0.25) is 0 Å². The Labute approximate surface area is 183 Å². The third kappa shape index (κ3) is 6.04. The zero-order chi connectivity index (χ0) is 22.1. The molecule has 1 unspecified atom stereocenters. The van der Waals surface area contributed by atoms with Gasteiger partial charge in [-0.15, -0.1) is 0 Å². The lowest BCUT2D eigenvalue weighted by Crippen LogP contribution is -2.40. The molecule has 0 aliphatic carbocycles. The molecule has 2 aromatic rings. The van der Waals surface area contributed by atoms with Crippen molar-refractivity contribution in [1.82, 2.24) is 0 Å². The van der Waals surface area contributed by atoms with Crippen molar-refractivity contribution in [2.75, 3.05) is 52.5 Å². The van der Waals surface area contributed by atoms with Gasteiger partial charge in [0.2, 0.25) is 5.78 Å². The minimum atomic E-state index is -1.53. The highest BCUT2D eigenvalue weighted by molar-refractivity contribution is 6.02. The zero-order valence-electron chi connectivity index (χ0n) is 18.4. The number of nitrogens with one attached hydrogen (secondary N) is 1. The topological polar surface area (TPSA) is 78.5 Å². The monoisotopic (exact) mass is 429 g/mol. The number of ketones is 1. The van der Waals surface area contributed by atoms with Crippen LogP contribution in [0.15, 0.2) is 48.5 Å². The van der Waals surface area contributed by atoms with Crippen molar-refractivity contribution in [2.45, 2.75) is 25.2 Å². The summed E-state index contributed by atoms with van der Waals surface area (Å²) in [6.45, 7) is 5.39. The molecule has 1 aliphatic rings. The van der Waals surface area contributed by atoms with E-state index in [1.165, 1.54) is 14.2 Å². The first-order chi connectivity index (χ1) is 15.1. The molecule has 1 fully saturated rings. The maximum Gasteiger partial charge on any atom is 0.260 e. The normalized spacial score (nSPS) is 15.5. The van der Waals surface area contributed by atoms with Crippen LogP contribution in [0.25, 0.3) is 0 Å². The van der Waals surface area contributed by atoms with E-state index < -0.39 is 5.79 Å². The summed E-state index contributed by atoms with van der Waals surface area (Å²) in [6, 6.07) is 14.4. The molecule has 168 valence electrons. The van der Waals surface area contributed by atoms with Crippen molar-refractivity contribution in [3.63, 3.8) is 0 Å². The Hall–Kier alpha value is -2.45. The highest BCUT2D eigenvalue weighted by atomic mass is 16.7. The molecule has 0 saturated carbocycles. The summed E-state index contributed by atoms with van der Waals surface area (Å²) < 4.78 is 27.4. The first kappa shape index (κ1) is 23.2. The highest BCUT2D eigenvalue weighted by Crippen LogP contribution is 2.32. The number of methoxy groups -OCH3 is 2. The fraction of sp³-hybridized carbons (Fsp3) is 0.458. The minimum absolute atomic E-state index is 0.285. The van der Waals surface area contributed by atoms with Gasteiger partial charge in [-0.25, -0.2) is 0 Å². The second-order valence-corrected chi connectivity index (χ2v) is 7.17. The van der Waals surface area contributed by atoms with E-state index in [-0.39, 0.29) is 5.78 Å². The highest BCUT2D eigenvalue weighted by Gasteiger charge is 2.41. The van der Waals surface area contributed by atoms with Crippen LogP contribution in [-0.4, -0.2) is 59.1 Å². The van der Waals surface area contributed by atoms with Crippen LogP contribution >= 0.6 is 0 Å². The maximum atomic E-state index is 13.3. The fourth-order valence-electron chi connectivity index (χ4n) is 3.29. The zero-order valence-corrected chi connectivity index (χ0v) is 18.4. The molecule has 1 heterocycles. The predicted molar refractivity (Wildman–Crippen MR) is 118 cm³/mol. The Kier molecular flexibility index (Phi) is 8.43. The summed E-state index contributed by atoms with van der Waals surface area (Å²) >= 11 is 0. The molecule has 7 nitrogen and oxygen atoms in total. The Morgan fingerprint density at radius 3 is 2.32 bits per heavy atom. The summed E-state index contributed by atoms with van der Waals surface area (Å²) in [6.07, 6.45) is 1.20. The lowest BCUT2D eigenvalue weighted by molar-refractivity contribution is -0.176. The molecule has 0 aromatic heterocycles. The summed E-state index contributed by atoms with van der Waals surface area (Å²) in [5.41, 5.74) is 2.01. The Morgan fingerprint density at radius 2 is 1.74 bits per heavy atom. The van der Waals surface area contributed by atoms with E-state index in [0.717, 1.165) is 18.7 Å². The van der Waals surface area contributed by atoms with Crippen molar-refractivity contribution >= 4 is 11.5 Å². The van der Waals surface area contributed by atoms with Gasteiger partial charge in [0, 0.05) is 50.6 Å². The second-order valence-electron chi connectivity index (χ2n) is 7.17. The number of anilines is 1. The molecule has 0 spiro atoms. The number of carbonyl (C=O) groups is 1. The van der Waals surface area contributed by atoms with Crippen molar-refractivity contribution < 1.29 is 28.5 Å². The Morgan fingerprint density at radius 1 is 1.06 bits per heavy atom. The van der Waals surface area contributed by atoms with Crippen LogP contribution < -0.4 is 10.1 Å². The number of ether oxygens (including phenoxy) is 5. The molecule has 1 aliphatic heterocycles. The molecule has 3 rings (SSSR count). The quantitative estimate of drug-likeness (QED) is 0.213. The summed E-state index contributed by atoms with van der Waals surface area (Å²) in [5.74, 6) is -1.11. The predicted octanol–water partition coefficient (Wildman–Crippen LogP) is 3.63. The number of carbonyl (C=O) groups excluding carboxylic acids is 1. The Balaban J connectivity index is 1.67. The van der Waals surface area contributed by atoms with E-state index in [1.807, 2.05) is 31.2 Å². The first-order valence-electron chi connectivity index (χ1n) is 10.5. The van der Waals surface area contributed by atoms with Crippen molar-refractivity contribution in [2.24, 2.45) is 0 Å². The largest absolute Gasteiger partial charge is 0.493 e. The van der Waals surface area contributed by atoms with Gasteiger partial charge >= 0.3 is 0 Å². The molecule has 7 heteroatoms. The van der Waals surface area contributed by atoms with E-state index in [0.29, 0.717) is 49.3 Å². The number of hydrogen-bond acceptors (Lipinski definition) is 7. The van der Waals surface area contributed by atoms with E-state index in [4.69, 9.17) is 23.7 Å². The van der Waals surface area contributed by atoms with Crippen LogP contribution in [0.4, 0.5) is 5.69 Å². The summed E-state index contributed by atoms with van der Waals surface area (Å²) in [7, 11) is 2.93. The minimum Gasteiger partial charge on any atom is -0.493 e. The lowest BCUT2D eigenvalue weighted by atomic mass is 9.95. The van der Waals surface area contributed by atoms with Crippen molar-refractivity contribution in [1.29, 1.82) is 0 Å². The lowest BCUT2D eigenvalue weighted by Gasteiger charge is -2.30. The molecule has 0 bridgehead atoms. The van der Waals surface area contributed by atoms with Gasteiger partial charge in [0.05, 0.1) is 25.9 Å². The second kappa shape index (κ2) is 11.2. The van der Waals surface area contributed by atoms with Crippen LogP contribution in [0.1, 0.15) is 29.3 Å². The van der Waals surface area contributed by atoms with Crippen LogP contribution in [0, 0.1) is 0 Å². The SMILES string of the molecule is CCOCCNc1ccc(C(OC)(OC)C(=O)c2ccc(OCCC3CO3)cc2)cc1. The smallest absolute Gasteiger partial charge is 0.260 e. The van der Waals surface area contributed by atoms with Gasteiger partial charge in [0.25, 0.3) is 5.79 Å². The Bertz CT molecular complexity index is 813. The molecule has 2 aromatic carbocycles. The van der Waals surface area contributed by atoms with Crippen LogP contribution in [-0.2, 0) is 24.7 Å². The van der Waals surface area contributed by atoms with Gasteiger partial charge in [-0.2, -0.15) is 0 Å². The van der Waals surface area contributed by atoms with Gasteiger partial charge < -0.3 is 29.0 Å². The molecule has 1 atom stereocenters. The number of epoxide rings is 1. The van der Waals surface area contributed by atoms with Crippen molar-refractivity contribution in [3.05, 3.63) is 59.7 Å². The van der Waals surface area contributed by atoms with E-state index in [2.05, 4.69) is 5.32 Å². The molecular formula is C24H31NO6. The first-order valence-corrected chi connectivity index (χ1v) is 10.5. The molecule has 1 N–H and O–H groups in total. The van der Waals surface area contributed by atoms with Gasteiger partial charge in [-0.05, 0) is 43.3 Å². The average molecular weight is 430 g/mol. The number of rotatable bonds is 14. The van der Waals surface area contributed by atoms with E-state index in [1.54, 1.807) is 24.3 Å². The van der Waals surface area contributed by atoms with Crippen molar-refractivity contribution in [3.8, 4) is 5.75 Å². The third-order valence-electron chi connectivity index (χ3n) is 5.15. The average Bonchev–Trinajstić information content (AvgIpc) is 3.64. The molecular weight excluding hydrogens is 398 g/mol. The summed E-state index contributed by atoms with van der Waals surface area (Å²) in [5, 5.41) is 3.28. The fourth-order valence-corrected chi connectivity index (χ4v) is 3.29. The van der Waals surface area contributed by atoms with Gasteiger partial charge in [-0.1, -0.05) is 12.1 Å². The van der Waals surface area contributed by atoms with Gasteiger partial charge in [0.1, 0.15) is 5.75 Å². The number of benzene rings is 2. The van der Waals surface area contributed by atoms with Gasteiger partial charge in [0.15, 0.2) is 0 Å². The molecule has 1 saturated heterocycles. The van der Waals surface area contributed by atoms with Crippen LogP contribution in [0.3, 0.4) is 0 Å². The van der Waals surface area contributed by atoms with E-state index >= 15 is 0 Å². The van der Waals surface area contributed by atoms with Crippen LogP contribution in [0.5, 0.6) is 5.75 Å². The summed E-state index contributed by atoms with van der Waals surface area (Å²) in [4.78, 5) is 13.3. The molecule has 0 radical (unpaired) electrons. The number of hydrogen-bond donors (Lipinski definition) is 1. The van der Waals surface area contributed by atoms with Gasteiger partial charge in [-0.3, -0.25) is 4.79 Å². The maximum absolute atomic E-state index is 13.3. The standard InChI is InChI=1S/C24H31NO6/c1-4-29-16-14-25-20-9-7-19(8-10-20)24(27-2,28-3)23(26)18-5-11-21(12-6-18)30-15-13-22-17-31-22/h5-12,22,25H,4,13-17H2,1-3H3. The molecule has 31 heavy (non-hydrogen) atoms.